The average Bonchev–Trinajstić information content (AvgIpc) is 3.45. The number of hydrogen-bond donors (Lipinski definition) is 0. The van der Waals surface area contributed by atoms with Crippen molar-refractivity contribution >= 4 is 71.3 Å². The van der Waals surface area contributed by atoms with Crippen molar-refractivity contribution in [1.82, 2.24) is 0 Å². The van der Waals surface area contributed by atoms with Gasteiger partial charge in [-0.1, -0.05) is 78.9 Å². The Morgan fingerprint density at radius 3 is 1.65 bits per heavy atom. The van der Waals surface area contributed by atoms with E-state index in [9.17, 15) is 5.26 Å². The Bertz CT molecular complexity index is 2120. The lowest BCUT2D eigenvalue weighted by molar-refractivity contribution is 1.25. The molecular formula is C38H24N4S. The molecule has 0 aliphatic carbocycles. The van der Waals surface area contributed by atoms with Gasteiger partial charge < -0.3 is 9.80 Å². The van der Waals surface area contributed by atoms with E-state index in [4.69, 9.17) is 6.57 Å². The predicted octanol–water partition coefficient (Wildman–Crippen LogP) is 11.4. The fraction of sp³-hybridized carbons (Fsp3) is 0. The highest BCUT2D eigenvalue weighted by Crippen LogP contribution is 2.47. The minimum Gasteiger partial charge on any atom is -0.320 e. The lowest BCUT2D eigenvalue weighted by Crippen LogP contribution is -2.14. The summed E-state index contributed by atoms with van der Waals surface area (Å²) < 4.78 is 2.40. The topological polar surface area (TPSA) is 34.6 Å². The normalized spacial score (nSPS) is 10.7. The molecule has 0 saturated heterocycles. The quantitative estimate of drug-likeness (QED) is 0.187. The van der Waals surface area contributed by atoms with Gasteiger partial charge in [-0.3, -0.25) is 0 Å². The number of nitriles is 1. The molecule has 4 nitrogen and oxygen atoms in total. The summed E-state index contributed by atoms with van der Waals surface area (Å²) in [6.45, 7) is 8.25. The first-order valence-electron chi connectivity index (χ1n) is 13.9. The lowest BCUT2D eigenvalue weighted by Gasteiger charge is -2.30. The van der Waals surface area contributed by atoms with Crippen LogP contribution in [0.25, 0.3) is 25.0 Å². The molecule has 0 aliphatic heterocycles. The van der Waals surface area contributed by atoms with Gasteiger partial charge in [0.1, 0.15) is 6.07 Å². The third kappa shape index (κ3) is 4.75. The first-order chi connectivity index (χ1) is 21.2. The van der Waals surface area contributed by atoms with Crippen LogP contribution < -0.4 is 9.80 Å². The molecule has 43 heavy (non-hydrogen) atoms. The van der Waals surface area contributed by atoms with Gasteiger partial charge in [-0.25, -0.2) is 4.85 Å². The first kappa shape index (κ1) is 26.0. The number of nitrogens with zero attached hydrogens (tertiary/aromatic N) is 4. The molecule has 0 aliphatic rings. The van der Waals surface area contributed by atoms with Gasteiger partial charge in [-0.15, -0.1) is 11.3 Å². The van der Waals surface area contributed by atoms with Crippen LogP contribution in [-0.2, 0) is 0 Å². The SMILES string of the molecule is [C-]#[N+]c1cc(N(c2ccccc2)c2ccc3c(c2)sc2ccccc23)c(C#N)cc1N(c1ccccc1)c1ccccc1. The molecule has 0 amide bonds. The number of benzene rings is 6. The predicted molar refractivity (Wildman–Crippen MR) is 180 cm³/mol. The average molecular weight is 569 g/mol. The monoisotopic (exact) mass is 568 g/mol. The van der Waals surface area contributed by atoms with Gasteiger partial charge in [0.15, 0.2) is 0 Å². The van der Waals surface area contributed by atoms with Crippen LogP contribution in [0.1, 0.15) is 5.56 Å². The van der Waals surface area contributed by atoms with Crippen LogP contribution >= 0.6 is 11.3 Å². The summed E-state index contributed by atoms with van der Waals surface area (Å²) in [4.78, 5) is 8.12. The first-order valence-corrected chi connectivity index (χ1v) is 14.7. The van der Waals surface area contributed by atoms with Gasteiger partial charge in [-0.2, -0.15) is 5.26 Å². The zero-order chi connectivity index (χ0) is 29.2. The molecule has 0 atom stereocenters. The van der Waals surface area contributed by atoms with Crippen LogP contribution in [0.3, 0.4) is 0 Å². The summed E-state index contributed by atoms with van der Waals surface area (Å²) in [6, 6.07) is 50.9. The van der Waals surface area contributed by atoms with Crippen LogP contribution in [0.4, 0.5) is 39.8 Å². The number of hydrogen-bond acceptors (Lipinski definition) is 4. The summed E-state index contributed by atoms with van der Waals surface area (Å²) >= 11 is 1.76. The molecule has 1 aromatic heterocycles. The summed E-state index contributed by atoms with van der Waals surface area (Å²) in [7, 11) is 0. The van der Waals surface area contributed by atoms with Crippen molar-refractivity contribution in [2.24, 2.45) is 0 Å². The molecule has 7 aromatic rings. The van der Waals surface area contributed by atoms with Gasteiger partial charge >= 0.3 is 0 Å². The molecule has 0 spiro atoms. The fourth-order valence-corrected chi connectivity index (χ4v) is 6.69. The number of fused-ring (bicyclic) bond motifs is 3. The molecule has 7 rings (SSSR count). The van der Waals surface area contributed by atoms with Gasteiger partial charge in [0.2, 0.25) is 5.69 Å². The molecule has 0 radical (unpaired) electrons. The van der Waals surface area contributed by atoms with Crippen LogP contribution in [0, 0.1) is 17.9 Å². The molecule has 202 valence electrons. The second-order valence-electron chi connectivity index (χ2n) is 10.0. The van der Waals surface area contributed by atoms with E-state index in [1.54, 1.807) is 11.3 Å². The van der Waals surface area contributed by atoms with E-state index in [2.05, 4.69) is 58.3 Å². The Balaban J connectivity index is 1.45. The maximum Gasteiger partial charge on any atom is 0.212 e. The number of para-hydroxylation sites is 3. The van der Waals surface area contributed by atoms with Gasteiger partial charge in [0.05, 0.1) is 23.5 Å². The zero-order valence-corrected chi connectivity index (χ0v) is 23.9. The van der Waals surface area contributed by atoms with Crippen molar-refractivity contribution in [3.63, 3.8) is 0 Å². The summed E-state index contributed by atoms with van der Waals surface area (Å²) in [6.07, 6.45) is 0. The Morgan fingerprint density at radius 2 is 1.07 bits per heavy atom. The van der Waals surface area contributed by atoms with Crippen molar-refractivity contribution in [2.75, 3.05) is 9.80 Å². The van der Waals surface area contributed by atoms with Crippen LogP contribution in [0.2, 0.25) is 0 Å². The van der Waals surface area contributed by atoms with E-state index >= 15 is 0 Å². The second kappa shape index (κ2) is 11.2. The minimum atomic E-state index is 0.450. The molecule has 5 heteroatoms. The molecule has 0 bridgehead atoms. The van der Waals surface area contributed by atoms with Gasteiger partial charge in [-0.05, 0) is 66.7 Å². The Labute approximate surface area is 254 Å². The molecule has 1 heterocycles. The van der Waals surface area contributed by atoms with E-state index in [1.807, 2.05) is 108 Å². The fourth-order valence-electron chi connectivity index (χ4n) is 5.55. The van der Waals surface area contributed by atoms with E-state index in [0.29, 0.717) is 22.6 Å². The van der Waals surface area contributed by atoms with Gasteiger partial charge in [0.25, 0.3) is 0 Å². The van der Waals surface area contributed by atoms with E-state index in [0.717, 1.165) is 22.7 Å². The highest BCUT2D eigenvalue weighted by atomic mass is 32.1. The highest BCUT2D eigenvalue weighted by Gasteiger charge is 2.23. The summed E-state index contributed by atoms with van der Waals surface area (Å²) in [5, 5.41) is 13.0. The summed E-state index contributed by atoms with van der Waals surface area (Å²) in [5.41, 5.74) is 5.88. The molecule has 0 saturated carbocycles. The molecule has 0 N–H and O–H groups in total. The van der Waals surface area contributed by atoms with Crippen LogP contribution in [0.5, 0.6) is 0 Å². The molecule has 6 aromatic carbocycles. The molecule has 0 unspecified atom stereocenters. The van der Waals surface area contributed by atoms with Crippen molar-refractivity contribution in [2.45, 2.75) is 0 Å². The van der Waals surface area contributed by atoms with E-state index in [-0.39, 0.29) is 0 Å². The Hall–Kier alpha value is -5.88. The number of anilines is 6. The molecular weight excluding hydrogens is 545 g/mol. The van der Waals surface area contributed by atoms with Crippen molar-refractivity contribution in [3.05, 3.63) is 163 Å². The minimum absolute atomic E-state index is 0.450. The van der Waals surface area contributed by atoms with Crippen molar-refractivity contribution in [3.8, 4) is 6.07 Å². The van der Waals surface area contributed by atoms with Gasteiger partial charge in [0, 0.05) is 42.9 Å². The zero-order valence-electron chi connectivity index (χ0n) is 23.1. The maximum absolute atomic E-state index is 10.6. The largest absolute Gasteiger partial charge is 0.320 e. The van der Waals surface area contributed by atoms with E-state index < -0.39 is 0 Å². The lowest BCUT2D eigenvalue weighted by atomic mass is 10.1. The Kier molecular flexibility index (Phi) is 6.77. The third-order valence-corrected chi connectivity index (χ3v) is 8.61. The van der Waals surface area contributed by atoms with E-state index in [1.165, 1.54) is 20.2 Å². The smallest absolute Gasteiger partial charge is 0.212 e. The number of thiophene rings is 1. The summed E-state index contributed by atoms with van der Waals surface area (Å²) in [5.74, 6) is 0. The van der Waals surface area contributed by atoms with Crippen LogP contribution in [0.15, 0.2) is 146 Å². The highest BCUT2D eigenvalue weighted by molar-refractivity contribution is 7.25. The van der Waals surface area contributed by atoms with Crippen molar-refractivity contribution in [1.29, 1.82) is 5.26 Å². The molecule has 0 fully saturated rings. The number of rotatable bonds is 6. The maximum atomic E-state index is 10.6. The third-order valence-electron chi connectivity index (χ3n) is 7.48. The van der Waals surface area contributed by atoms with Crippen molar-refractivity contribution < 1.29 is 0 Å². The standard InChI is InChI=1S/C38H24N4S/c1-40-34-25-35(27(26-39)23-36(34)41(28-13-5-2-6-14-28)29-15-7-3-8-16-29)42(30-17-9-4-10-18-30)31-21-22-33-32-19-11-12-20-37(32)43-38(33)24-31/h2-25H. The van der Waals surface area contributed by atoms with Crippen LogP contribution in [-0.4, -0.2) is 0 Å². The Morgan fingerprint density at radius 1 is 0.535 bits per heavy atom. The second-order valence-corrected chi connectivity index (χ2v) is 11.1.